The number of carbonyl (C=O) groups is 2. The summed E-state index contributed by atoms with van der Waals surface area (Å²) in [5, 5.41) is 3.21. The summed E-state index contributed by atoms with van der Waals surface area (Å²) in [7, 11) is -1.47. The monoisotopic (exact) mass is 713 g/mol. The Hall–Kier alpha value is -5.03. The van der Waals surface area contributed by atoms with Gasteiger partial charge >= 0.3 is 0 Å². The van der Waals surface area contributed by atoms with Gasteiger partial charge in [0.05, 0.1) is 31.4 Å². The number of amides is 2. The van der Waals surface area contributed by atoms with Crippen molar-refractivity contribution in [1.29, 1.82) is 0 Å². The van der Waals surface area contributed by atoms with E-state index in [-0.39, 0.29) is 41.2 Å². The summed E-state index contributed by atoms with van der Waals surface area (Å²) in [6.07, 6.45) is 4.08. The summed E-state index contributed by atoms with van der Waals surface area (Å²) in [5.41, 5.74) is 3.01. The van der Waals surface area contributed by atoms with E-state index in [0.717, 1.165) is 46.7 Å². The largest absolute Gasteiger partial charge is 0.494 e. The van der Waals surface area contributed by atoms with E-state index in [0.29, 0.717) is 18.1 Å². The number of anilines is 1. The third-order valence-corrected chi connectivity index (χ3v) is 10.9. The summed E-state index contributed by atoms with van der Waals surface area (Å²) in [5.74, 6) is 0.353. The number of methoxy groups -OCH3 is 2. The van der Waals surface area contributed by atoms with Crippen LogP contribution in [0.2, 0.25) is 0 Å². The van der Waals surface area contributed by atoms with Gasteiger partial charge in [-0.1, -0.05) is 73.0 Å². The lowest BCUT2D eigenvalue weighted by atomic mass is 10.0. The van der Waals surface area contributed by atoms with Crippen molar-refractivity contribution in [2.45, 2.75) is 69.5 Å². The van der Waals surface area contributed by atoms with E-state index in [1.807, 2.05) is 68.4 Å². The van der Waals surface area contributed by atoms with Crippen LogP contribution < -0.4 is 23.8 Å². The molecule has 51 heavy (non-hydrogen) atoms. The summed E-state index contributed by atoms with van der Waals surface area (Å²) in [4.78, 5) is 30.5. The van der Waals surface area contributed by atoms with Crippen molar-refractivity contribution in [3.63, 3.8) is 0 Å². The van der Waals surface area contributed by atoms with Gasteiger partial charge in [0.2, 0.25) is 11.8 Å². The molecule has 11 heteroatoms. The van der Waals surface area contributed by atoms with Gasteiger partial charge in [-0.25, -0.2) is 8.42 Å². The predicted octanol–water partition coefficient (Wildman–Crippen LogP) is 6.31. The normalized spacial score (nSPS) is 13.6. The van der Waals surface area contributed by atoms with Crippen molar-refractivity contribution in [3.8, 4) is 17.2 Å². The van der Waals surface area contributed by atoms with E-state index in [2.05, 4.69) is 5.32 Å². The topological polar surface area (TPSA) is 114 Å². The number of benzene rings is 4. The molecule has 4 aromatic carbocycles. The predicted molar refractivity (Wildman–Crippen MR) is 198 cm³/mol. The quantitative estimate of drug-likeness (QED) is 0.145. The van der Waals surface area contributed by atoms with Crippen LogP contribution in [0.15, 0.2) is 102 Å². The Balaban J connectivity index is 1.58. The molecule has 4 aromatic rings. The highest BCUT2D eigenvalue weighted by atomic mass is 32.2. The number of nitrogens with zero attached hydrogens (tertiary/aromatic N) is 2. The number of ether oxygens (including phenoxy) is 3. The molecule has 0 heterocycles. The zero-order chi connectivity index (χ0) is 36.4. The first-order valence-electron chi connectivity index (χ1n) is 17.3. The van der Waals surface area contributed by atoms with Gasteiger partial charge in [-0.05, 0) is 74.2 Å². The molecule has 1 atom stereocenters. The fraction of sp³-hybridized carbons (Fsp3) is 0.350. The van der Waals surface area contributed by atoms with Crippen molar-refractivity contribution < 1.29 is 32.2 Å². The zero-order valence-corrected chi connectivity index (χ0v) is 30.5. The molecule has 1 N–H and O–H groups in total. The lowest BCUT2D eigenvalue weighted by Crippen LogP contribution is -2.54. The minimum absolute atomic E-state index is 0.0258. The van der Waals surface area contributed by atoms with Crippen molar-refractivity contribution in [2.75, 3.05) is 31.7 Å². The molecule has 1 fully saturated rings. The highest BCUT2D eigenvalue weighted by molar-refractivity contribution is 7.92. The number of nitrogens with one attached hydrogen (secondary N) is 1. The second kappa shape index (κ2) is 17.3. The van der Waals surface area contributed by atoms with Crippen LogP contribution in [0, 0.1) is 6.92 Å². The van der Waals surface area contributed by atoms with Crippen LogP contribution in [0.5, 0.6) is 17.2 Å². The lowest BCUT2D eigenvalue weighted by molar-refractivity contribution is -0.140. The van der Waals surface area contributed by atoms with Crippen LogP contribution in [0.25, 0.3) is 0 Å². The Morgan fingerprint density at radius 2 is 1.51 bits per heavy atom. The van der Waals surface area contributed by atoms with E-state index in [1.165, 1.54) is 37.3 Å². The highest BCUT2D eigenvalue weighted by Gasteiger charge is 2.36. The number of hydrogen-bond donors (Lipinski definition) is 1. The molecule has 2 amide bonds. The second-order valence-electron chi connectivity index (χ2n) is 12.7. The molecule has 5 rings (SSSR count). The Morgan fingerprint density at radius 1 is 0.843 bits per heavy atom. The van der Waals surface area contributed by atoms with Crippen molar-refractivity contribution >= 4 is 27.5 Å². The smallest absolute Gasteiger partial charge is 0.264 e. The molecule has 0 saturated heterocycles. The average molecular weight is 714 g/mol. The molecule has 1 aliphatic carbocycles. The highest BCUT2D eigenvalue weighted by Crippen LogP contribution is 2.33. The van der Waals surface area contributed by atoms with Crippen molar-refractivity contribution in [2.24, 2.45) is 0 Å². The molecule has 0 radical (unpaired) electrons. The molecule has 10 nitrogen and oxygen atoms in total. The molecule has 0 unspecified atom stereocenters. The van der Waals surface area contributed by atoms with Gasteiger partial charge in [-0.2, -0.15) is 0 Å². The molecule has 1 saturated carbocycles. The second-order valence-corrected chi connectivity index (χ2v) is 14.5. The van der Waals surface area contributed by atoms with E-state index >= 15 is 0 Å². The van der Waals surface area contributed by atoms with Gasteiger partial charge < -0.3 is 24.4 Å². The van der Waals surface area contributed by atoms with Gasteiger partial charge in [0, 0.05) is 25.1 Å². The standard InChI is InChI=1S/C40H47N3O7S/c1-5-50-34-21-19-33(20-22-34)43(51(46,47)35-23-24-37(48-3)38(26-35)49-4)28-39(44)42(27-31-17-15-29(2)16-18-31)36(25-30-11-7-6-8-12-30)40(45)41-32-13-9-10-14-32/h6-8,11-12,15-24,26,32,36H,5,9-10,13-14,25,27-28H2,1-4H3,(H,41,45)/t36-/m0/s1. The summed E-state index contributed by atoms with van der Waals surface area (Å²) in [6, 6.07) is 27.3. The van der Waals surface area contributed by atoms with Gasteiger partial charge in [0.25, 0.3) is 10.0 Å². The van der Waals surface area contributed by atoms with E-state index in [4.69, 9.17) is 14.2 Å². The third kappa shape index (κ3) is 9.40. The maximum absolute atomic E-state index is 14.8. The molecule has 0 bridgehead atoms. The number of carbonyl (C=O) groups excluding carboxylic acids is 2. The molecular formula is C40H47N3O7S. The lowest BCUT2D eigenvalue weighted by Gasteiger charge is -2.34. The van der Waals surface area contributed by atoms with Crippen LogP contribution in [-0.4, -0.2) is 64.6 Å². The van der Waals surface area contributed by atoms with Crippen LogP contribution >= 0.6 is 0 Å². The Bertz CT molecular complexity index is 1860. The molecule has 0 aromatic heterocycles. The number of sulfonamides is 1. The number of rotatable bonds is 16. The first kappa shape index (κ1) is 37.2. The summed E-state index contributed by atoms with van der Waals surface area (Å²) < 4.78 is 46.5. The fourth-order valence-electron chi connectivity index (χ4n) is 6.32. The molecule has 1 aliphatic rings. The molecule has 270 valence electrons. The molecule has 0 aliphatic heterocycles. The van der Waals surface area contributed by atoms with E-state index in [9.17, 15) is 18.0 Å². The Morgan fingerprint density at radius 3 is 2.14 bits per heavy atom. The first-order valence-corrected chi connectivity index (χ1v) is 18.7. The van der Waals surface area contributed by atoms with Crippen molar-refractivity contribution in [1.82, 2.24) is 10.2 Å². The van der Waals surface area contributed by atoms with Gasteiger partial charge in [0.15, 0.2) is 11.5 Å². The van der Waals surface area contributed by atoms with E-state index < -0.39 is 28.5 Å². The minimum Gasteiger partial charge on any atom is -0.494 e. The minimum atomic E-state index is -4.36. The van der Waals surface area contributed by atoms with Crippen LogP contribution in [-0.2, 0) is 32.6 Å². The third-order valence-electron chi connectivity index (χ3n) is 9.10. The number of hydrogen-bond acceptors (Lipinski definition) is 7. The maximum Gasteiger partial charge on any atom is 0.264 e. The van der Waals surface area contributed by atoms with Gasteiger partial charge in [-0.15, -0.1) is 0 Å². The van der Waals surface area contributed by atoms with Gasteiger partial charge in [0.1, 0.15) is 18.3 Å². The average Bonchev–Trinajstić information content (AvgIpc) is 3.66. The fourth-order valence-corrected chi connectivity index (χ4v) is 7.75. The maximum atomic E-state index is 14.8. The molecule has 0 spiro atoms. The zero-order valence-electron chi connectivity index (χ0n) is 29.7. The Labute approximate surface area is 301 Å². The van der Waals surface area contributed by atoms with Gasteiger partial charge in [-0.3, -0.25) is 13.9 Å². The van der Waals surface area contributed by atoms with Crippen LogP contribution in [0.3, 0.4) is 0 Å². The van der Waals surface area contributed by atoms with Crippen LogP contribution in [0.4, 0.5) is 5.69 Å². The Kier molecular flexibility index (Phi) is 12.6. The SMILES string of the molecule is CCOc1ccc(N(CC(=O)N(Cc2ccc(C)cc2)[C@@H](Cc2ccccc2)C(=O)NC2CCCC2)S(=O)(=O)c2ccc(OC)c(OC)c2)cc1. The summed E-state index contributed by atoms with van der Waals surface area (Å²) in [6.45, 7) is 3.80. The van der Waals surface area contributed by atoms with Crippen LogP contribution in [0.1, 0.15) is 49.3 Å². The van der Waals surface area contributed by atoms with E-state index in [1.54, 1.807) is 24.3 Å². The number of aryl methyl sites for hydroxylation is 1. The molecular weight excluding hydrogens is 667 g/mol. The first-order chi connectivity index (χ1) is 24.6. The summed E-state index contributed by atoms with van der Waals surface area (Å²) >= 11 is 0. The van der Waals surface area contributed by atoms with Crippen molar-refractivity contribution in [3.05, 3.63) is 114 Å².